The van der Waals surface area contributed by atoms with E-state index in [2.05, 4.69) is 139 Å². The molecule has 3 heterocycles. The van der Waals surface area contributed by atoms with Gasteiger partial charge >= 0.3 is 8.60 Å². The summed E-state index contributed by atoms with van der Waals surface area (Å²) in [6.45, 7) is 8.31. The lowest BCUT2D eigenvalue weighted by Gasteiger charge is -2.41. The van der Waals surface area contributed by atoms with E-state index in [-0.39, 0.29) is 12.1 Å². The second kappa shape index (κ2) is 15.0. The zero-order chi connectivity index (χ0) is 35.6. The number of rotatable bonds is 9. The van der Waals surface area contributed by atoms with E-state index in [0.29, 0.717) is 0 Å². The molecule has 0 unspecified atom stereocenters. The molecule has 5 aromatic rings. The van der Waals surface area contributed by atoms with Crippen molar-refractivity contribution in [3.63, 3.8) is 0 Å². The number of piperidine rings is 1. The number of hydrogen-bond acceptors (Lipinski definition) is 6. The van der Waals surface area contributed by atoms with Crippen LogP contribution in [0.1, 0.15) is 74.0 Å². The first-order chi connectivity index (χ1) is 25.4. The molecule has 3 fully saturated rings. The molecule has 3 saturated heterocycles. The molecule has 0 saturated carbocycles. The summed E-state index contributed by atoms with van der Waals surface area (Å²) in [5.41, 5.74) is 2.50. The van der Waals surface area contributed by atoms with Gasteiger partial charge < -0.3 is 14.0 Å². The van der Waals surface area contributed by atoms with Gasteiger partial charge in [0.15, 0.2) is 17.0 Å². The largest absolute Gasteiger partial charge is 0.341 e. The van der Waals surface area contributed by atoms with Crippen LogP contribution in [0.3, 0.4) is 0 Å². The predicted octanol–water partition coefficient (Wildman–Crippen LogP) is 10.3. The highest BCUT2D eigenvalue weighted by Crippen LogP contribution is 2.66. The molecule has 0 radical (unpaired) electrons. The van der Waals surface area contributed by atoms with Crippen molar-refractivity contribution in [3.05, 3.63) is 179 Å². The highest BCUT2D eigenvalue weighted by Gasteiger charge is 2.67. The van der Waals surface area contributed by atoms with Crippen molar-refractivity contribution in [3.8, 4) is 0 Å². The van der Waals surface area contributed by atoms with Crippen LogP contribution in [-0.4, -0.2) is 42.0 Å². The van der Waals surface area contributed by atoms with Crippen LogP contribution < -0.4 is 0 Å². The fourth-order valence-corrected chi connectivity index (χ4v) is 10.1. The lowest BCUT2D eigenvalue weighted by Crippen LogP contribution is -2.53. The predicted molar refractivity (Wildman–Crippen MR) is 205 cm³/mol. The zero-order valence-corrected chi connectivity index (χ0v) is 31.1. The van der Waals surface area contributed by atoms with E-state index >= 15 is 0 Å². The summed E-state index contributed by atoms with van der Waals surface area (Å²) in [6, 6.07) is 52.2. The average Bonchev–Trinajstić information content (AvgIpc) is 3.49. The molecule has 6 nitrogen and oxygen atoms in total. The van der Waals surface area contributed by atoms with Gasteiger partial charge in [0, 0.05) is 6.04 Å². The Bertz CT molecular complexity index is 1690. The summed E-state index contributed by atoms with van der Waals surface area (Å²) in [7, 11) is -2.13. The van der Waals surface area contributed by atoms with Crippen molar-refractivity contribution in [2.75, 3.05) is 13.1 Å². The van der Waals surface area contributed by atoms with Gasteiger partial charge in [-0.2, -0.15) is 0 Å². The highest BCUT2D eigenvalue weighted by molar-refractivity contribution is 7.41. The van der Waals surface area contributed by atoms with Gasteiger partial charge in [-0.1, -0.05) is 158 Å². The topological polar surface area (TPSA) is 49.4 Å². The number of fused-ring (bicyclic) bond motifs is 1. The average molecular weight is 714 g/mol. The Morgan fingerprint density at radius 2 is 0.923 bits per heavy atom. The van der Waals surface area contributed by atoms with Crippen LogP contribution in [0.2, 0.25) is 0 Å². The first kappa shape index (κ1) is 35.3. The Morgan fingerprint density at radius 1 is 0.558 bits per heavy atom. The van der Waals surface area contributed by atoms with Crippen molar-refractivity contribution >= 4 is 8.60 Å². The van der Waals surface area contributed by atoms with Gasteiger partial charge in [0.05, 0.1) is 0 Å². The van der Waals surface area contributed by atoms with E-state index in [4.69, 9.17) is 23.0 Å². The summed E-state index contributed by atoms with van der Waals surface area (Å²) in [6.07, 6.45) is 1.97. The molecular weight excluding hydrogens is 665 g/mol. The maximum Gasteiger partial charge on any atom is 0.336 e. The molecule has 5 aromatic carbocycles. The summed E-state index contributed by atoms with van der Waals surface area (Å²) >= 11 is 0. The maximum atomic E-state index is 7.66. The van der Waals surface area contributed by atoms with Crippen LogP contribution in [0.25, 0.3) is 0 Å². The zero-order valence-electron chi connectivity index (χ0n) is 30.2. The first-order valence-electron chi connectivity index (χ1n) is 18.6. The van der Waals surface area contributed by atoms with E-state index in [0.717, 1.165) is 40.9 Å². The number of hydrogen-bond donors (Lipinski definition) is 0. The van der Waals surface area contributed by atoms with Crippen LogP contribution >= 0.6 is 8.60 Å². The Hall–Kier alpha value is -3.71. The van der Waals surface area contributed by atoms with Crippen LogP contribution in [0.5, 0.6) is 0 Å². The fourth-order valence-electron chi connectivity index (χ4n) is 8.38. The first-order valence-corrected chi connectivity index (χ1v) is 19.7. The molecule has 52 heavy (non-hydrogen) atoms. The Morgan fingerprint density at radius 3 is 1.31 bits per heavy atom. The smallest absolute Gasteiger partial charge is 0.336 e. The third kappa shape index (κ3) is 6.56. The van der Waals surface area contributed by atoms with Gasteiger partial charge in [-0.15, -0.1) is 0 Å². The van der Waals surface area contributed by atoms with Crippen molar-refractivity contribution in [1.29, 1.82) is 0 Å². The van der Waals surface area contributed by atoms with Crippen LogP contribution in [0, 0.1) is 0 Å². The Balaban J connectivity index is 1.38. The molecule has 0 spiro atoms. The van der Waals surface area contributed by atoms with Gasteiger partial charge in [-0.3, -0.25) is 13.9 Å². The van der Waals surface area contributed by atoms with Gasteiger partial charge in [0.1, 0.15) is 18.3 Å². The van der Waals surface area contributed by atoms with Crippen LogP contribution in [0.4, 0.5) is 0 Å². The second-order valence-electron chi connectivity index (χ2n) is 14.6. The van der Waals surface area contributed by atoms with Crippen molar-refractivity contribution in [2.24, 2.45) is 0 Å². The normalized spacial score (nSPS) is 24.0. The quantitative estimate of drug-likeness (QED) is 0.142. The summed E-state index contributed by atoms with van der Waals surface area (Å²) in [4.78, 5) is 2.56. The lowest BCUT2D eigenvalue weighted by atomic mass is 9.72. The molecular formula is C45H48NO5P. The molecule has 0 aliphatic carbocycles. The maximum absolute atomic E-state index is 7.66. The minimum Gasteiger partial charge on any atom is -0.341 e. The van der Waals surface area contributed by atoms with Crippen LogP contribution in [-0.2, 0) is 34.2 Å². The van der Waals surface area contributed by atoms with E-state index in [9.17, 15) is 0 Å². The number of nitrogens with zero attached hydrogens (tertiary/aromatic N) is 1. The van der Waals surface area contributed by atoms with Crippen molar-refractivity contribution in [1.82, 2.24) is 4.90 Å². The van der Waals surface area contributed by atoms with Gasteiger partial charge in [-0.25, -0.2) is 0 Å². The van der Waals surface area contributed by atoms with Crippen molar-refractivity contribution < 1.29 is 23.0 Å². The second-order valence-corrected chi connectivity index (χ2v) is 15.6. The SMILES string of the molecule is C[C@@H]([C@H](OP1OC(c2ccccc2)(c2ccccc2)[C@@H]2OC(C)(C)O[C@H]2C(c2ccccc2)(c2ccccc2)O1)c1ccccc1)N1CCCCC1. The number of likely N-dealkylation sites (tertiary alicyclic amines) is 1. The molecule has 268 valence electrons. The molecule has 4 atom stereocenters. The number of ether oxygens (including phenoxy) is 2. The summed E-state index contributed by atoms with van der Waals surface area (Å²) in [5, 5.41) is 0. The van der Waals surface area contributed by atoms with Crippen LogP contribution in [0.15, 0.2) is 152 Å². The van der Waals surface area contributed by atoms with E-state index in [1.54, 1.807) is 0 Å². The van der Waals surface area contributed by atoms with E-state index in [1.807, 2.05) is 38.1 Å². The monoisotopic (exact) mass is 713 g/mol. The molecule has 0 N–H and O–H groups in total. The molecule has 0 amide bonds. The van der Waals surface area contributed by atoms with Gasteiger partial charge in [0.25, 0.3) is 0 Å². The third-order valence-corrected chi connectivity index (χ3v) is 12.2. The molecule has 0 bridgehead atoms. The van der Waals surface area contributed by atoms with Crippen molar-refractivity contribution in [2.45, 2.75) is 81.4 Å². The summed E-state index contributed by atoms with van der Waals surface area (Å²) < 4.78 is 37.1. The van der Waals surface area contributed by atoms with E-state index in [1.165, 1.54) is 19.3 Å². The lowest BCUT2D eigenvalue weighted by molar-refractivity contribution is -0.177. The Kier molecular flexibility index (Phi) is 10.2. The molecule has 8 rings (SSSR count). The third-order valence-electron chi connectivity index (χ3n) is 10.9. The van der Waals surface area contributed by atoms with Gasteiger partial charge in [-0.05, 0) is 74.5 Å². The standard InChI is InChI=1S/C45H48NO5P/c1-34(46-32-20-9-21-33-46)40(35-22-10-4-11-23-35)49-52-50-44(36-24-12-5-13-25-36,37-26-14-6-15-27-37)41-42(48-43(2,3)47-41)45(51-52,38-28-16-7-17-29-38)39-30-18-8-19-31-39/h4-8,10-19,22-31,34,40-42H,9,20-21,32-33H2,1-3H3/t34-,40-,41+,42+/m0/s1. The minimum absolute atomic E-state index is 0.0669. The highest BCUT2D eigenvalue weighted by atomic mass is 31.2. The summed E-state index contributed by atoms with van der Waals surface area (Å²) in [5.74, 6) is -0.956. The van der Waals surface area contributed by atoms with Gasteiger partial charge in [0.2, 0.25) is 0 Å². The molecule has 7 heteroatoms. The molecule has 0 aromatic heterocycles. The Labute approximate surface area is 309 Å². The minimum atomic E-state index is -2.13. The van der Waals surface area contributed by atoms with E-state index < -0.39 is 37.8 Å². The fraction of sp³-hybridized carbons (Fsp3) is 0.333. The number of benzene rings is 5. The molecule has 3 aliphatic heterocycles. The molecule has 3 aliphatic rings.